The standard InChI is InChI=1S/C18H23ClN4O/c1-13-5-6-15(19)10-17(13)22-16-9-14(11-20-12-16)18(24)21-7-4-8-23(2)3/h5-6,9-12,22H,4,7-8H2,1-3H3,(H,21,24). The minimum Gasteiger partial charge on any atom is -0.354 e. The number of hydrogen-bond acceptors (Lipinski definition) is 4. The molecule has 24 heavy (non-hydrogen) atoms. The topological polar surface area (TPSA) is 57.3 Å². The van der Waals surface area contributed by atoms with Gasteiger partial charge in [0.15, 0.2) is 0 Å². The van der Waals surface area contributed by atoms with E-state index in [4.69, 9.17) is 11.6 Å². The lowest BCUT2D eigenvalue weighted by Crippen LogP contribution is -2.27. The van der Waals surface area contributed by atoms with Crippen molar-refractivity contribution in [1.82, 2.24) is 15.2 Å². The molecule has 0 bridgehead atoms. The molecule has 1 amide bonds. The summed E-state index contributed by atoms with van der Waals surface area (Å²) in [7, 11) is 4.03. The Morgan fingerprint density at radius 1 is 1.25 bits per heavy atom. The summed E-state index contributed by atoms with van der Waals surface area (Å²) in [6.45, 7) is 3.57. The van der Waals surface area contributed by atoms with Gasteiger partial charge in [-0.05, 0) is 57.7 Å². The summed E-state index contributed by atoms with van der Waals surface area (Å²) in [5, 5.41) is 6.83. The zero-order valence-electron chi connectivity index (χ0n) is 14.3. The molecule has 1 heterocycles. The first kappa shape index (κ1) is 18.2. The lowest BCUT2D eigenvalue weighted by atomic mass is 10.2. The average Bonchev–Trinajstić information content (AvgIpc) is 2.55. The zero-order valence-corrected chi connectivity index (χ0v) is 15.0. The van der Waals surface area contributed by atoms with Crippen LogP contribution in [0, 0.1) is 6.92 Å². The first-order valence-corrected chi connectivity index (χ1v) is 8.24. The minimum atomic E-state index is -0.118. The fourth-order valence-electron chi connectivity index (χ4n) is 2.22. The van der Waals surface area contributed by atoms with Gasteiger partial charge in [0.05, 0.1) is 17.4 Å². The van der Waals surface area contributed by atoms with Crippen LogP contribution in [-0.2, 0) is 0 Å². The van der Waals surface area contributed by atoms with Crippen LogP contribution in [0.15, 0.2) is 36.7 Å². The first-order valence-electron chi connectivity index (χ1n) is 7.87. The second-order valence-corrected chi connectivity index (χ2v) is 6.40. The number of carbonyl (C=O) groups is 1. The Bertz CT molecular complexity index is 703. The van der Waals surface area contributed by atoms with Crippen molar-refractivity contribution in [2.24, 2.45) is 0 Å². The highest BCUT2D eigenvalue weighted by Gasteiger charge is 2.07. The van der Waals surface area contributed by atoms with E-state index < -0.39 is 0 Å². The summed E-state index contributed by atoms with van der Waals surface area (Å²) in [5.74, 6) is -0.118. The van der Waals surface area contributed by atoms with Gasteiger partial charge in [-0.2, -0.15) is 0 Å². The van der Waals surface area contributed by atoms with Gasteiger partial charge in [0.25, 0.3) is 5.91 Å². The second-order valence-electron chi connectivity index (χ2n) is 5.96. The molecule has 0 aliphatic rings. The second kappa shape index (κ2) is 8.66. The molecular weight excluding hydrogens is 324 g/mol. The number of halogens is 1. The molecule has 2 rings (SSSR count). The van der Waals surface area contributed by atoms with E-state index in [1.165, 1.54) is 0 Å². The number of nitrogens with zero attached hydrogens (tertiary/aromatic N) is 2. The molecule has 6 heteroatoms. The minimum absolute atomic E-state index is 0.118. The van der Waals surface area contributed by atoms with Crippen LogP contribution in [0.3, 0.4) is 0 Å². The predicted molar refractivity (Wildman–Crippen MR) is 99.2 cm³/mol. The lowest BCUT2D eigenvalue weighted by Gasteiger charge is -2.12. The van der Waals surface area contributed by atoms with Gasteiger partial charge in [-0.1, -0.05) is 17.7 Å². The van der Waals surface area contributed by atoms with E-state index in [9.17, 15) is 4.79 Å². The van der Waals surface area contributed by atoms with Crippen molar-refractivity contribution in [3.05, 3.63) is 52.8 Å². The Balaban J connectivity index is 2.00. The first-order chi connectivity index (χ1) is 11.5. The summed E-state index contributed by atoms with van der Waals surface area (Å²) < 4.78 is 0. The van der Waals surface area contributed by atoms with Crippen molar-refractivity contribution in [2.45, 2.75) is 13.3 Å². The lowest BCUT2D eigenvalue weighted by molar-refractivity contribution is 0.0952. The van der Waals surface area contributed by atoms with E-state index in [-0.39, 0.29) is 5.91 Å². The monoisotopic (exact) mass is 346 g/mol. The maximum atomic E-state index is 12.2. The molecule has 0 radical (unpaired) electrons. The largest absolute Gasteiger partial charge is 0.354 e. The van der Waals surface area contributed by atoms with E-state index in [1.54, 1.807) is 18.5 Å². The molecule has 128 valence electrons. The molecule has 0 aliphatic heterocycles. The van der Waals surface area contributed by atoms with Gasteiger partial charge in [-0.3, -0.25) is 9.78 Å². The maximum Gasteiger partial charge on any atom is 0.252 e. The van der Waals surface area contributed by atoms with E-state index in [1.807, 2.05) is 39.2 Å². The number of aryl methyl sites for hydroxylation is 1. The Kier molecular flexibility index (Phi) is 6.58. The molecule has 1 aromatic carbocycles. The van der Waals surface area contributed by atoms with Crippen LogP contribution in [0.2, 0.25) is 5.02 Å². The van der Waals surface area contributed by atoms with Gasteiger partial charge in [0.2, 0.25) is 0 Å². The van der Waals surface area contributed by atoms with Crippen LogP contribution >= 0.6 is 11.6 Å². The molecule has 0 fully saturated rings. The van der Waals surface area contributed by atoms with E-state index in [0.29, 0.717) is 17.1 Å². The number of nitrogens with one attached hydrogen (secondary N) is 2. The van der Waals surface area contributed by atoms with E-state index >= 15 is 0 Å². The summed E-state index contributed by atoms with van der Waals surface area (Å²) >= 11 is 6.03. The maximum absolute atomic E-state index is 12.2. The van der Waals surface area contributed by atoms with Gasteiger partial charge in [0.1, 0.15) is 0 Å². The number of aromatic nitrogens is 1. The third-order valence-electron chi connectivity index (χ3n) is 3.55. The smallest absolute Gasteiger partial charge is 0.252 e. The Labute approximate surface area is 148 Å². The number of anilines is 2. The van der Waals surface area contributed by atoms with Crippen LogP contribution in [0.25, 0.3) is 0 Å². The molecule has 1 aromatic heterocycles. The highest BCUT2D eigenvalue weighted by Crippen LogP contribution is 2.24. The summed E-state index contributed by atoms with van der Waals surface area (Å²) in [6.07, 6.45) is 4.16. The number of hydrogen-bond donors (Lipinski definition) is 2. The van der Waals surface area contributed by atoms with Gasteiger partial charge in [-0.25, -0.2) is 0 Å². The molecule has 0 saturated carbocycles. The van der Waals surface area contributed by atoms with E-state index in [0.717, 1.165) is 29.9 Å². The highest BCUT2D eigenvalue weighted by atomic mass is 35.5. The fourth-order valence-corrected chi connectivity index (χ4v) is 2.39. The molecule has 5 nitrogen and oxygen atoms in total. The molecule has 0 saturated heterocycles. The number of amides is 1. The predicted octanol–water partition coefficient (Wildman–Crippen LogP) is 3.47. The van der Waals surface area contributed by atoms with Crippen molar-refractivity contribution in [1.29, 1.82) is 0 Å². The summed E-state index contributed by atoms with van der Waals surface area (Å²) in [5.41, 5.74) is 3.25. The Morgan fingerprint density at radius 3 is 2.79 bits per heavy atom. The van der Waals surface area contributed by atoms with Crippen molar-refractivity contribution in [3.8, 4) is 0 Å². The fraction of sp³-hybridized carbons (Fsp3) is 0.333. The number of pyridine rings is 1. The van der Waals surface area contributed by atoms with Gasteiger partial charge in [-0.15, -0.1) is 0 Å². The number of carbonyl (C=O) groups excluding carboxylic acids is 1. The number of benzene rings is 1. The Hall–Kier alpha value is -2.11. The molecule has 2 N–H and O–H groups in total. The van der Waals surface area contributed by atoms with Crippen molar-refractivity contribution >= 4 is 28.9 Å². The molecule has 0 spiro atoms. The highest BCUT2D eigenvalue weighted by molar-refractivity contribution is 6.30. The van der Waals surface area contributed by atoms with Crippen LogP contribution in [0.4, 0.5) is 11.4 Å². The molecule has 2 aromatic rings. The van der Waals surface area contributed by atoms with Crippen LogP contribution in [-0.4, -0.2) is 43.0 Å². The Morgan fingerprint density at radius 2 is 2.04 bits per heavy atom. The molecular formula is C18H23ClN4O. The third-order valence-corrected chi connectivity index (χ3v) is 3.78. The van der Waals surface area contributed by atoms with Crippen LogP contribution in [0.1, 0.15) is 22.3 Å². The van der Waals surface area contributed by atoms with Gasteiger partial charge in [0, 0.05) is 23.5 Å². The van der Waals surface area contributed by atoms with Crippen molar-refractivity contribution in [2.75, 3.05) is 32.5 Å². The van der Waals surface area contributed by atoms with Gasteiger partial charge < -0.3 is 15.5 Å². The molecule has 0 atom stereocenters. The van der Waals surface area contributed by atoms with Crippen LogP contribution in [0.5, 0.6) is 0 Å². The summed E-state index contributed by atoms with van der Waals surface area (Å²) in [6, 6.07) is 7.43. The molecule has 0 aliphatic carbocycles. The van der Waals surface area contributed by atoms with Crippen molar-refractivity contribution in [3.63, 3.8) is 0 Å². The number of rotatable bonds is 7. The quantitative estimate of drug-likeness (QED) is 0.754. The average molecular weight is 347 g/mol. The van der Waals surface area contributed by atoms with Crippen LogP contribution < -0.4 is 10.6 Å². The molecule has 0 unspecified atom stereocenters. The van der Waals surface area contributed by atoms with Gasteiger partial charge >= 0.3 is 0 Å². The zero-order chi connectivity index (χ0) is 17.5. The summed E-state index contributed by atoms with van der Waals surface area (Å²) in [4.78, 5) is 18.4. The van der Waals surface area contributed by atoms with E-state index in [2.05, 4.69) is 20.5 Å². The third kappa shape index (κ3) is 5.51. The SMILES string of the molecule is Cc1ccc(Cl)cc1Nc1cncc(C(=O)NCCCN(C)C)c1. The normalized spacial score (nSPS) is 10.7. The van der Waals surface area contributed by atoms with Crippen molar-refractivity contribution < 1.29 is 4.79 Å².